The molecule has 0 aliphatic heterocycles. The molecule has 2 aromatic heterocycles. The number of pyridine rings is 1. The average Bonchev–Trinajstić information content (AvgIpc) is 3.04. The summed E-state index contributed by atoms with van der Waals surface area (Å²) in [6, 6.07) is 18.0. The largest absolute Gasteiger partial charge is 0.269 e. The van der Waals surface area contributed by atoms with Crippen LogP contribution < -0.4 is 0 Å². The predicted molar refractivity (Wildman–Crippen MR) is 106 cm³/mol. The van der Waals surface area contributed by atoms with E-state index in [0.717, 1.165) is 4.47 Å². The van der Waals surface area contributed by atoms with Crippen molar-refractivity contribution >= 4 is 37.0 Å². The average molecular weight is 445 g/mol. The number of nitrogens with zero attached hydrogens (tertiary/aromatic N) is 2. The van der Waals surface area contributed by atoms with Gasteiger partial charge in [0.1, 0.15) is 5.82 Å². The summed E-state index contributed by atoms with van der Waals surface area (Å²) in [7, 11) is -3.89. The molecule has 0 amide bonds. The lowest BCUT2D eigenvalue weighted by Gasteiger charge is -2.12. The van der Waals surface area contributed by atoms with E-state index in [0.29, 0.717) is 22.3 Å². The molecule has 0 bridgehead atoms. The molecule has 4 nitrogen and oxygen atoms in total. The van der Waals surface area contributed by atoms with Gasteiger partial charge in [-0.1, -0.05) is 36.4 Å². The zero-order valence-electron chi connectivity index (χ0n) is 14.0. The van der Waals surface area contributed by atoms with E-state index in [1.54, 1.807) is 48.5 Å². The number of aromatic nitrogens is 2. The summed E-state index contributed by atoms with van der Waals surface area (Å²) in [5.41, 5.74) is 1.17. The van der Waals surface area contributed by atoms with Crippen molar-refractivity contribution in [3.05, 3.63) is 94.5 Å². The van der Waals surface area contributed by atoms with Crippen LogP contribution in [0.4, 0.5) is 4.39 Å². The Kier molecular flexibility index (Phi) is 4.57. The molecule has 0 fully saturated rings. The first-order valence-electron chi connectivity index (χ1n) is 8.17. The van der Waals surface area contributed by atoms with Gasteiger partial charge in [0.2, 0.25) is 0 Å². The van der Waals surface area contributed by atoms with E-state index in [1.165, 1.54) is 28.4 Å². The van der Waals surface area contributed by atoms with Crippen LogP contribution in [0.15, 0.2) is 82.3 Å². The summed E-state index contributed by atoms with van der Waals surface area (Å²) < 4.78 is 42.8. The van der Waals surface area contributed by atoms with Crippen molar-refractivity contribution in [3.63, 3.8) is 0 Å². The number of benzene rings is 2. The third kappa shape index (κ3) is 3.17. The summed E-state index contributed by atoms with van der Waals surface area (Å²) >= 11 is 3.45. The van der Waals surface area contributed by atoms with Gasteiger partial charge in [-0.3, -0.25) is 0 Å². The molecule has 136 valence electrons. The number of halogens is 2. The molecule has 4 aromatic rings. The highest BCUT2D eigenvalue weighted by molar-refractivity contribution is 9.10. The highest BCUT2D eigenvalue weighted by Crippen LogP contribution is 2.30. The van der Waals surface area contributed by atoms with Crippen molar-refractivity contribution in [1.29, 1.82) is 0 Å². The van der Waals surface area contributed by atoms with Crippen LogP contribution >= 0.6 is 15.9 Å². The SMILES string of the molecule is O=S(=O)(c1ccccc1)n1c(Cc2ccccc2F)cc2c(Br)ccnc21. The highest BCUT2D eigenvalue weighted by atomic mass is 79.9. The Hall–Kier alpha value is -2.51. The summed E-state index contributed by atoms with van der Waals surface area (Å²) in [5, 5.41) is 0.656. The van der Waals surface area contributed by atoms with Gasteiger partial charge in [-0.05, 0) is 51.8 Å². The highest BCUT2D eigenvalue weighted by Gasteiger charge is 2.25. The van der Waals surface area contributed by atoms with E-state index in [9.17, 15) is 12.8 Å². The van der Waals surface area contributed by atoms with Gasteiger partial charge in [0.15, 0.2) is 5.65 Å². The van der Waals surface area contributed by atoms with Gasteiger partial charge in [0, 0.05) is 28.2 Å². The maximum absolute atomic E-state index is 14.2. The third-order valence-electron chi connectivity index (χ3n) is 4.29. The van der Waals surface area contributed by atoms with Crippen LogP contribution in [0.3, 0.4) is 0 Å². The first kappa shape index (κ1) is 17.9. The Labute approximate surface area is 164 Å². The molecular weight excluding hydrogens is 431 g/mol. The van der Waals surface area contributed by atoms with Crippen LogP contribution in [0.5, 0.6) is 0 Å². The van der Waals surface area contributed by atoms with Crippen molar-refractivity contribution in [1.82, 2.24) is 8.96 Å². The van der Waals surface area contributed by atoms with E-state index in [4.69, 9.17) is 0 Å². The lowest BCUT2D eigenvalue weighted by atomic mass is 10.1. The Morgan fingerprint density at radius 3 is 2.44 bits per heavy atom. The smallest absolute Gasteiger partial charge is 0.237 e. The van der Waals surface area contributed by atoms with E-state index in [2.05, 4.69) is 20.9 Å². The number of rotatable bonds is 4. The Morgan fingerprint density at radius 2 is 1.70 bits per heavy atom. The second-order valence-electron chi connectivity index (χ2n) is 6.02. The van der Waals surface area contributed by atoms with Crippen molar-refractivity contribution in [2.24, 2.45) is 0 Å². The molecule has 0 saturated carbocycles. The molecule has 0 aliphatic carbocycles. The van der Waals surface area contributed by atoms with Gasteiger partial charge in [-0.2, -0.15) is 0 Å². The van der Waals surface area contributed by atoms with Gasteiger partial charge in [-0.15, -0.1) is 0 Å². The van der Waals surface area contributed by atoms with E-state index in [1.807, 2.05) is 0 Å². The second-order valence-corrected chi connectivity index (χ2v) is 8.66. The zero-order valence-corrected chi connectivity index (χ0v) is 16.4. The maximum atomic E-state index is 14.2. The number of fused-ring (bicyclic) bond motifs is 1. The molecule has 0 saturated heterocycles. The fourth-order valence-electron chi connectivity index (χ4n) is 3.02. The molecule has 7 heteroatoms. The standard InChI is InChI=1S/C20H14BrFN2O2S/c21-18-10-11-23-20-17(18)13-15(12-14-6-4-5-9-19(14)22)24(20)27(25,26)16-7-2-1-3-8-16/h1-11,13H,12H2. The van der Waals surface area contributed by atoms with Gasteiger partial charge in [-0.25, -0.2) is 21.8 Å². The Bertz CT molecular complexity index is 1240. The fraction of sp³-hybridized carbons (Fsp3) is 0.0500. The molecule has 0 aliphatic rings. The van der Waals surface area contributed by atoms with Crippen molar-refractivity contribution in [3.8, 4) is 0 Å². The predicted octanol–water partition coefficient (Wildman–Crippen LogP) is 4.77. The van der Waals surface area contributed by atoms with Crippen LogP contribution in [-0.2, 0) is 16.4 Å². The summed E-state index contributed by atoms with van der Waals surface area (Å²) in [5.74, 6) is -0.376. The van der Waals surface area contributed by atoms with Gasteiger partial charge in [0.05, 0.1) is 4.90 Å². The second kappa shape index (κ2) is 6.90. The maximum Gasteiger partial charge on any atom is 0.269 e. The van der Waals surface area contributed by atoms with Crippen LogP contribution in [0.2, 0.25) is 0 Å². The van der Waals surface area contributed by atoms with E-state index >= 15 is 0 Å². The Balaban J connectivity index is 1.98. The summed E-state index contributed by atoms with van der Waals surface area (Å²) in [4.78, 5) is 4.43. The quantitative estimate of drug-likeness (QED) is 0.455. The lowest BCUT2D eigenvalue weighted by molar-refractivity contribution is 0.585. The van der Waals surface area contributed by atoms with E-state index < -0.39 is 10.0 Å². The first-order chi connectivity index (χ1) is 13.0. The minimum absolute atomic E-state index is 0.127. The molecule has 0 unspecified atom stereocenters. The van der Waals surface area contributed by atoms with Crippen LogP contribution in [0.25, 0.3) is 11.0 Å². The molecule has 4 rings (SSSR count). The molecule has 2 heterocycles. The minimum atomic E-state index is -3.89. The lowest BCUT2D eigenvalue weighted by Crippen LogP contribution is -2.16. The third-order valence-corrected chi connectivity index (χ3v) is 6.74. The zero-order chi connectivity index (χ0) is 19.0. The van der Waals surface area contributed by atoms with Crippen LogP contribution in [0, 0.1) is 5.82 Å². The monoisotopic (exact) mass is 444 g/mol. The normalized spacial score (nSPS) is 11.8. The topological polar surface area (TPSA) is 52.0 Å². The molecule has 2 aromatic carbocycles. The van der Waals surface area contributed by atoms with Crippen molar-refractivity contribution in [2.75, 3.05) is 0 Å². The van der Waals surface area contributed by atoms with Crippen LogP contribution in [0.1, 0.15) is 11.3 Å². The molecule has 27 heavy (non-hydrogen) atoms. The van der Waals surface area contributed by atoms with Gasteiger partial charge < -0.3 is 0 Å². The summed E-state index contributed by atoms with van der Waals surface area (Å²) in [6.45, 7) is 0. The van der Waals surface area contributed by atoms with E-state index in [-0.39, 0.29) is 17.1 Å². The van der Waals surface area contributed by atoms with Gasteiger partial charge in [0.25, 0.3) is 10.0 Å². The molecular formula is C20H14BrFN2O2S. The fourth-order valence-corrected chi connectivity index (χ4v) is 4.94. The van der Waals surface area contributed by atoms with Crippen molar-refractivity contribution in [2.45, 2.75) is 11.3 Å². The van der Waals surface area contributed by atoms with Crippen molar-refractivity contribution < 1.29 is 12.8 Å². The minimum Gasteiger partial charge on any atom is -0.237 e. The molecule has 0 atom stereocenters. The Morgan fingerprint density at radius 1 is 1.00 bits per heavy atom. The molecule has 0 spiro atoms. The number of hydrogen-bond donors (Lipinski definition) is 0. The molecule has 0 N–H and O–H groups in total. The first-order valence-corrected chi connectivity index (χ1v) is 10.4. The summed E-state index contributed by atoms with van der Waals surface area (Å²) in [6.07, 6.45) is 1.66. The van der Waals surface area contributed by atoms with Crippen LogP contribution in [-0.4, -0.2) is 17.4 Å². The molecule has 0 radical (unpaired) electrons. The number of hydrogen-bond acceptors (Lipinski definition) is 3. The van der Waals surface area contributed by atoms with Gasteiger partial charge >= 0.3 is 0 Å².